The van der Waals surface area contributed by atoms with Gasteiger partial charge in [0.1, 0.15) is 5.82 Å². The molecule has 10 heteroatoms. The number of carbonyl (C=O) groups excluding carboxylic acids is 1. The number of hydrogen-bond acceptors (Lipinski definition) is 8. The zero-order valence-electron chi connectivity index (χ0n) is 23.7. The second-order valence-electron chi connectivity index (χ2n) is 10.8. The molecule has 10 nitrogen and oxygen atoms in total. The van der Waals surface area contributed by atoms with E-state index in [-0.39, 0.29) is 11.9 Å². The number of rotatable bonds is 8. The molecule has 1 atom stereocenters. The van der Waals surface area contributed by atoms with Crippen LogP contribution in [0.5, 0.6) is 0 Å². The molecule has 41 heavy (non-hydrogen) atoms. The minimum Gasteiger partial charge on any atom is -0.369 e. The summed E-state index contributed by atoms with van der Waals surface area (Å²) in [4.78, 5) is 31.5. The van der Waals surface area contributed by atoms with Crippen LogP contribution in [0.4, 0.5) is 23.0 Å². The summed E-state index contributed by atoms with van der Waals surface area (Å²) in [7, 11) is 2.05. The van der Waals surface area contributed by atoms with Crippen LogP contribution in [0.1, 0.15) is 24.2 Å². The summed E-state index contributed by atoms with van der Waals surface area (Å²) in [5.41, 5.74) is 5.49. The number of aromatic nitrogens is 4. The lowest BCUT2D eigenvalue weighted by molar-refractivity contribution is -0.117. The number of nitrogens with one attached hydrogen (secondary N) is 3. The highest BCUT2D eigenvalue weighted by Crippen LogP contribution is 2.30. The number of aryl methyl sites for hydroxylation is 2. The number of piperazine rings is 1. The van der Waals surface area contributed by atoms with Crippen molar-refractivity contribution < 1.29 is 4.79 Å². The van der Waals surface area contributed by atoms with Gasteiger partial charge in [0, 0.05) is 68.8 Å². The Morgan fingerprint density at radius 2 is 1.85 bits per heavy atom. The molecule has 6 rings (SSSR count). The molecule has 0 aliphatic carbocycles. The summed E-state index contributed by atoms with van der Waals surface area (Å²) >= 11 is 0. The largest absolute Gasteiger partial charge is 0.369 e. The molecular weight excluding hydrogens is 514 g/mol. The highest BCUT2D eigenvalue weighted by atomic mass is 16.2. The first-order chi connectivity index (χ1) is 20.0. The highest BCUT2D eigenvalue weighted by molar-refractivity contribution is 5.98. The van der Waals surface area contributed by atoms with Gasteiger partial charge in [0.05, 0.1) is 24.0 Å². The third kappa shape index (κ3) is 6.23. The van der Waals surface area contributed by atoms with Crippen LogP contribution in [0.25, 0.3) is 11.3 Å². The highest BCUT2D eigenvalue weighted by Gasteiger charge is 2.23. The summed E-state index contributed by atoms with van der Waals surface area (Å²) in [6.07, 6.45) is 7.55. The molecule has 2 aliphatic rings. The Kier molecular flexibility index (Phi) is 7.93. The van der Waals surface area contributed by atoms with Gasteiger partial charge in [0.25, 0.3) is 0 Å². The van der Waals surface area contributed by atoms with E-state index >= 15 is 0 Å². The minimum atomic E-state index is -0.148. The lowest BCUT2D eigenvalue weighted by Gasteiger charge is -2.36. The van der Waals surface area contributed by atoms with Crippen molar-refractivity contribution in [2.75, 3.05) is 48.3 Å². The molecule has 1 unspecified atom stereocenters. The van der Waals surface area contributed by atoms with Crippen LogP contribution in [0.3, 0.4) is 0 Å². The molecule has 1 amide bonds. The van der Waals surface area contributed by atoms with Gasteiger partial charge in [0.15, 0.2) is 0 Å². The topological polar surface area (TPSA) is 103 Å². The molecule has 0 radical (unpaired) electrons. The number of imidazole rings is 1. The Hall–Kier alpha value is -4.28. The number of anilines is 4. The molecule has 3 N–H and O–H groups in total. The Morgan fingerprint density at radius 3 is 2.59 bits per heavy atom. The van der Waals surface area contributed by atoms with E-state index in [0.29, 0.717) is 5.95 Å². The second kappa shape index (κ2) is 12.1. The first kappa shape index (κ1) is 26.9. The number of carbonyl (C=O) groups is 1. The van der Waals surface area contributed by atoms with E-state index in [1.54, 1.807) is 0 Å². The molecule has 212 valence electrons. The lowest BCUT2D eigenvalue weighted by atomic mass is 10.1. The molecular formula is C31H37N9O. The minimum absolute atomic E-state index is 0.00497. The SMILES string of the molecule is Cc1cnc(Nc2ccc(N3CCN(Cc4nccn4C)CC3)cc2)nc1-c1ccccc1NC(=O)C1CCCN1. The summed E-state index contributed by atoms with van der Waals surface area (Å²) in [6.45, 7) is 7.72. The van der Waals surface area contributed by atoms with Gasteiger partial charge in [-0.3, -0.25) is 9.69 Å². The first-order valence-electron chi connectivity index (χ1n) is 14.3. The number of hydrogen-bond donors (Lipinski definition) is 3. The van der Waals surface area contributed by atoms with Crippen LogP contribution in [-0.4, -0.2) is 69.1 Å². The number of benzene rings is 2. The van der Waals surface area contributed by atoms with Gasteiger partial charge < -0.3 is 25.4 Å². The van der Waals surface area contributed by atoms with Gasteiger partial charge in [-0.05, 0) is 62.2 Å². The Bertz CT molecular complexity index is 1490. The van der Waals surface area contributed by atoms with Crippen molar-refractivity contribution in [1.29, 1.82) is 0 Å². The number of amides is 1. The maximum Gasteiger partial charge on any atom is 0.241 e. The van der Waals surface area contributed by atoms with Gasteiger partial charge in [-0.15, -0.1) is 0 Å². The predicted octanol–water partition coefficient (Wildman–Crippen LogP) is 3.94. The van der Waals surface area contributed by atoms with E-state index in [2.05, 4.69) is 64.6 Å². The third-order valence-electron chi connectivity index (χ3n) is 7.94. The second-order valence-corrected chi connectivity index (χ2v) is 10.8. The van der Waals surface area contributed by atoms with Crippen molar-refractivity contribution in [2.45, 2.75) is 32.4 Å². The average molecular weight is 552 g/mol. The van der Waals surface area contributed by atoms with Crippen molar-refractivity contribution >= 4 is 28.9 Å². The van der Waals surface area contributed by atoms with Crippen LogP contribution in [-0.2, 0) is 18.4 Å². The van der Waals surface area contributed by atoms with Gasteiger partial charge in [-0.2, -0.15) is 0 Å². The summed E-state index contributed by atoms with van der Waals surface area (Å²) in [5, 5.41) is 9.73. The van der Waals surface area contributed by atoms with Gasteiger partial charge in [-0.1, -0.05) is 18.2 Å². The smallest absolute Gasteiger partial charge is 0.241 e. The molecule has 2 aromatic heterocycles. The van der Waals surface area contributed by atoms with Crippen LogP contribution in [0.15, 0.2) is 67.1 Å². The Morgan fingerprint density at radius 1 is 1.05 bits per heavy atom. The van der Waals surface area contributed by atoms with Crippen LogP contribution < -0.4 is 20.9 Å². The van der Waals surface area contributed by atoms with E-state index in [1.165, 1.54) is 5.69 Å². The molecule has 2 saturated heterocycles. The maximum absolute atomic E-state index is 12.8. The monoisotopic (exact) mass is 551 g/mol. The summed E-state index contributed by atoms with van der Waals surface area (Å²) in [5.74, 6) is 1.61. The number of para-hydroxylation sites is 1. The van der Waals surface area contributed by atoms with Crippen molar-refractivity contribution in [2.24, 2.45) is 7.05 Å². The van der Waals surface area contributed by atoms with Gasteiger partial charge in [0.2, 0.25) is 11.9 Å². The van der Waals surface area contributed by atoms with E-state index in [0.717, 1.165) is 86.1 Å². The molecule has 2 aromatic carbocycles. The van der Waals surface area contributed by atoms with Gasteiger partial charge in [-0.25, -0.2) is 15.0 Å². The first-order valence-corrected chi connectivity index (χ1v) is 14.3. The fourth-order valence-electron chi connectivity index (χ4n) is 5.50. The number of nitrogens with zero attached hydrogens (tertiary/aromatic N) is 6. The van der Waals surface area contributed by atoms with E-state index in [9.17, 15) is 4.79 Å². The molecule has 0 bridgehead atoms. The summed E-state index contributed by atoms with van der Waals surface area (Å²) < 4.78 is 2.09. The predicted molar refractivity (Wildman–Crippen MR) is 162 cm³/mol. The normalized spacial score (nSPS) is 17.5. The standard InChI is InChI=1S/C31H37N9O/c1-22-20-34-31(37-29(22)25-6-3-4-7-26(25)36-30(41)27-8-5-13-32-27)35-23-9-11-24(12-10-23)40-18-16-39(17-19-40)21-28-33-14-15-38(28)2/h3-4,6-7,9-12,14-15,20,27,32H,5,8,13,16-19,21H2,1-2H3,(H,36,41)(H,34,35,37). The maximum atomic E-state index is 12.8. The molecule has 2 fully saturated rings. The zero-order chi connectivity index (χ0) is 28.2. The van der Waals surface area contributed by atoms with Gasteiger partial charge >= 0.3 is 0 Å². The van der Waals surface area contributed by atoms with Crippen molar-refractivity contribution in [3.8, 4) is 11.3 Å². The Labute approximate surface area is 240 Å². The Balaban J connectivity index is 1.10. The van der Waals surface area contributed by atoms with Crippen molar-refractivity contribution in [1.82, 2.24) is 29.7 Å². The van der Waals surface area contributed by atoms with Crippen molar-refractivity contribution in [3.63, 3.8) is 0 Å². The van der Waals surface area contributed by atoms with Crippen LogP contribution in [0, 0.1) is 6.92 Å². The molecule has 4 aromatic rings. The average Bonchev–Trinajstić information content (AvgIpc) is 3.68. The van der Waals surface area contributed by atoms with Crippen LogP contribution in [0.2, 0.25) is 0 Å². The quantitative estimate of drug-likeness (QED) is 0.303. The molecule has 0 spiro atoms. The zero-order valence-corrected chi connectivity index (χ0v) is 23.7. The van der Waals surface area contributed by atoms with E-state index < -0.39 is 0 Å². The molecule has 4 heterocycles. The van der Waals surface area contributed by atoms with E-state index in [1.807, 2.05) is 56.8 Å². The summed E-state index contributed by atoms with van der Waals surface area (Å²) in [6, 6.07) is 16.1. The fourth-order valence-corrected chi connectivity index (χ4v) is 5.50. The van der Waals surface area contributed by atoms with Crippen LogP contribution >= 0.6 is 0 Å². The fraction of sp³-hybridized carbons (Fsp3) is 0.355. The molecule has 2 aliphatic heterocycles. The lowest BCUT2D eigenvalue weighted by Crippen LogP contribution is -2.46. The third-order valence-corrected chi connectivity index (χ3v) is 7.94. The van der Waals surface area contributed by atoms with E-state index in [4.69, 9.17) is 4.98 Å². The molecule has 0 saturated carbocycles. The van der Waals surface area contributed by atoms with Crippen molar-refractivity contribution in [3.05, 3.63) is 78.5 Å².